The molecule has 1 aliphatic carbocycles. The van der Waals surface area contributed by atoms with Crippen molar-refractivity contribution in [2.75, 3.05) is 0 Å². The lowest BCUT2D eigenvalue weighted by molar-refractivity contribution is -0.385. The predicted octanol–water partition coefficient (Wildman–Crippen LogP) is 4.72. The standard InChI is InChI=1S/C27H33N3O4/c1-17(27(2,3)4)26(32)29-16-20-14-21(30(33)34)13-12-19(20)15-24(29)25(31)28-23-11-7-9-18-8-5-6-10-22(18)23/h5-6,8,10,12-14,17,23-24H,7,9,11,15-16H2,1-4H3,(H,28,31)/t17-,23?,24+/m1/s1. The minimum absolute atomic E-state index is 0.00303. The summed E-state index contributed by atoms with van der Waals surface area (Å²) in [7, 11) is 0. The number of nitro benzene ring substituents is 1. The average Bonchev–Trinajstić information content (AvgIpc) is 2.81. The van der Waals surface area contributed by atoms with Gasteiger partial charge in [-0.2, -0.15) is 0 Å². The summed E-state index contributed by atoms with van der Waals surface area (Å²) in [6, 6.07) is 12.2. The molecule has 1 N–H and O–H groups in total. The normalized spacial score (nSPS) is 20.6. The first kappa shape index (κ1) is 23.9. The summed E-state index contributed by atoms with van der Waals surface area (Å²) in [6.45, 7) is 8.10. The lowest BCUT2D eigenvalue weighted by Gasteiger charge is -2.40. The van der Waals surface area contributed by atoms with Crippen LogP contribution < -0.4 is 5.32 Å². The Hall–Kier alpha value is -3.22. The molecule has 7 nitrogen and oxygen atoms in total. The number of carbonyl (C=O) groups excluding carboxylic acids is 2. The molecule has 0 radical (unpaired) electrons. The Labute approximate surface area is 200 Å². The third-order valence-electron chi connectivity index (χ3n) is 7.47. The van der Waals surface area contributed by atoms with Crippen molar-refractivity contribution in [3.8, 4) is 0 Å². The number of fused-ring (bicyclic) bond motifs is 2. The van der Waals surface area contributed by atoms with Crippen molar-refractivity contribution in [3.63, 3.8) is 0 Å². The van der Waals surface area contributed by atoms with E-state index in [0.29, 0.717) is 6.42 Å². The first-order valence-corrected chi connectivity index (χ1v) is 12.0. The van der Waals surface area contributed by atoms with Gasteiger partial charge in [0.05, 0.1) is 11.0 Å². The number of hydrogen-bond donors (Lipinski definition) is 1. The van der Waals surface area contributed by atoms with Gasteiger partial charge in [-0.1, -0.05) is 58.0 Å². The minimum atomic E-state index is -0.652. The largest absolute Gasteiger partial charge is 0.347 e. The zero-order valence-corrected chi connectivity index (χ0v) is 20.3. The number of nitro groups is 1. The SMILES string of the molecule is C[C@H](C(=O)N1Cc2cc([N+](=O)[O-])ccc2C[C@H]1C(=O)NC1CCCc2ccccc21)C(C)(C)C. The smallest absolute Gasteiger partial charge is 0.269 e. The summed E-state index contributed by atoms with van der Waals surface area (Å²) in [4.78, 5) is 39.7. The maximum absolute atomic E-state index is 13.6. The first-order chi connectivity index (χ1) is 16.1. The predicted molar refractivity (Wildman–Crippen MR) is 130 cm³/mol. The number of non-ortho nitro benzene ring substituents is 1. The highest BCUT2D eigenvalue weighted by atomic mass is 16.6. The Bertz CT molecular complexity index is 1120. The second kappa shape index (κ2) is 9.20. The van der Waals surface area contributed by atoms with Crippen molar-refractivity contribution in [1.29, 1.82) is 0 Å². The molecule has 0 spiro atoms. The molecule has 4 rings (SSSR count). The summed E-state index contributed by atoms with van der Waals surface area (Å²) >= 11 is 0. The highest BCUT2D eigenvalue weighted by molar-refractivity contribution is 5.90. The van der Waals surface area contributed by atoms with Crippen LogP contribution in [-0.4, -0.2) is 27.7 Å². The van der Waals surface area contributed by atoms with Crippen LogP contribution in [0.3, 0.4) is 0 Å². The topological polar surface area (TPSA) is 92.6 Å². The third kappa shape index (κ3) is 4.69. The molecule has 1 heterocycles. The molecule has 0 bridgehead atoms. The van der Waals surface area contributed by atoms with Gasteiger partial charge in [0, 0.05) is 31.0 Å². The highest BCUT2D eigenvalue weighted by Gasteiger charge is 2.40. The van der Waals surface area contributed by atoms with Gasteiger partial charge in [0.2, 0.25) is 11.8 Å². The van der Waals surface area contributed by atoms with Crippen molar-refractivity contribution in [2.45, 2.75) is 72.0 Å². The second-order valence-corrected chi connectivity index (χ2v) is 10.6. The summed E-state index contributed by atoms with van der Waals surface area (Å²) in [6.07, 6.45) is 3.22. The van der Waals surface area contributed by atoms with Crippen LogP contribution in [0.4, 0.5) is 5.69 Å². The number of nitrogens with zero attached hydrogens (tertiary/aromatic N) is 2. The molecule has 0 fully saturated rings. The molecule has 2 aromatic rings. The fourth-order valence-corrected chi connectivity index (χ4v) is 4.94. The van der Waals surface area contributed by atoms with E-state index in [4.69, 9.17) is 0 Å². The van der Waals surface area contributed by atoms with Gasteiger partial charge in [0.15, 0.2) is 0 Å². The fraction of sp³-hybridized carbons (Fsp3) is 0.481. The molecule has 2 aliphatic rings. The van der Waals surface area contributed by atoms with E-state index in [2.05, 4.69) is 17.4 Å². The van der Waals surface area contributed by atoms with Gasteiger partial charge in [-0.25, -0.2) is 0 Å². The fourth-order valence-electron chi connectivity index (χ4n) is 4.94. The molecule has 2 amide bonds. The minimum Gasteiger partial charge on any atom is -0.347 e. The van der Waals surface area contributed by atoms with Crippen molar-refractivity contribution >= 4 is 17.5 Å². The Balaban J connectivity index is 1.65. The van der Waals surface area contributed by atoms with Crippen LogP contribution >= 0.6 is 0 Å². The number of hydrogen-bond acceptors (Lipinski definition) is 4. The molecule has 3 atom stereocenters. The van der Waals surface area contributed by atoms with E-state index in [1.807, 2.05) is 39.8 Å². The molecular formula is C27H33N3O4. The number of nitrogens with one attached hydrogen (secondary N) is 1. The van der Waals surface area contributed by atoms with E-state index >= 15 is 0 Å². The van der Waals surface area contributed by atoms with E-state index in [0.717, 1.165) is 36.0 Å². The van der Waals surface area contributed by atoms with Crippen molar-refractivity contribution in [1.82, 2.24) is 10.2 Å². The molecule has 0 aromatic heterocycles. The first-order valence-electron chi connectivity index (χ1n) is 12.0. The van der Waals surface area contributed by atoms with Crippen LogP contribution in [0.1, 0.15) is 68.8 Å². The van der Waals surface area contributed by atoms with E-state index in [1.165, 1.54) is 17.7 Å². The Kier molecular flexibility index (Phi) is 6.47. The molecule has 34 heavy (non-hydrogen) atoms. The third-order valence-corrected chi connectivity index (χ3v) is 7.47. The van der Waals surface area contributed by atoms with Crippen LogP contribution in [0.5, 0.6) is 0 Å². The van der Waals surface area contributed by atoms with Gasteiger partial charge >= 0.3 is 0 Å². The van der Waals surface area contributed by atoms with E-state index < -0.39 is 11.0 Å². The van der Waals surface area contributed by atoms with Gasteiger partial charge in [-0.3, -0.25) is 19.7 Å². The zero-order valence-electron chi connectivity index (χ0n) is 20.3. The van der Waals surface area contributed by atoms with Gasteiger partial charge in [-0.05, 0) is 46.9 Å². The van der Waals surface area contributed by atoms with Crippen LogP contribution in [0, 0.1) is 21.4 Å². The molecule has 0 saturated carbocycles. The Morgan fingerprint density at radius 2 is 1.85 bits per heavy atom. The number of rotatable bonds is 4. The van der Waals surface area contributed by atoms with Gasteiger partial charge in [0.1, 0.15) is 6.04 Å². The van der Waals surface area contributed by atoms with Crippen LogP contribution in [0.25, 0.3) is 0 Å². The molecule has 1 aliphatic heterocycles. The van der Waals surface area contributed by atoms with Crippen molar-refractivity contribution < 1.29 is 14.5 Å². The Morgan fingerprint density at radius 1 is 1.12 bits per heavy atom. The molecular weight excluding hydrogens is 430 g/mol. The van der Waals surface area contributed by atoms with E-state index in [9.17, 15) is 19.7 Å². The lowest BCUT2D eigenvalue weighted by atomic mass is 9.80. The number of carbonyl (C=O) groups is 2. The molecule has 7 heteroatoms. The summed E-state index contributed by atoms with van der Waals surface area (Å²) < 4.78 is 0. The maximum Gasteiger partial charge on any atom is 0.269 e. The monoisotopic (exact) mass is 463 g/mol. The quantitative estimate of drug-likeness (QED) is 0.524. The maximum atomic E-state index is 13.6. The summed E-state index contributed by atoms with van der Waals surface area (Å²) in [5.74, 6) is -0.576. The number of benzene rings is 2. The van der Waals surface area contributed by atoms with Crippen LogP contribution in [-0.2, 0) is 29.0 Å². The van der Waals surface area contributed by atoms with Crippen LogP contribution in [0.2, 0.25) is 0 Å². The zero-order chi connectivity index (χ0) is 24.6. The van der Waals surface area contributed by atoms with E-state index in [-0.39, 0.29) is 41.4 Å². The second-order valence-electron chi connectivity index (χ2n) is 10.6. The van der Waals surface area contributed by atoms with Gasteiger partial charge in [0.25, 0.3) is 5.69 Å². The molecule has 1 unspecified atom stereocenters. The van der Waals surface area contributed by atoms with Gasteiger partial charge < -0.3 is 10.2 Å². The highest BCUT2D eigenvalue weighted by Crippen LogP contribution is 2.34. The number of amides is 2. The van der Waals surface area contributed by atoms with Gasteiger partial charge in [-0.15, -0.1) is 0 Å². The van der Waals surface area contributed by atoms with Crippen LogP contribution in [0.15, 0.2) is 42.5 Å². The summed E-state index contributed by atoms with van der Waals surface area (Å²) in [5, 5.41) is 14.5. The van der Waals surface area contributed by atoms with E-state index in [1.54, 1.807) is 11.0 Å². The summed E-state index contributed by atoms with van der Waals surface area (Å²) in [5.41, 5.74) is 3.74. The molecule has 2 aromatic carbocycles. The average molecular weight is 464 g/mol. The van der Waals surface area contributed by atoms with Crippen molar-refractivity contribution in [2.24, 2.45) is 11.3 Å². The lowest BCUT2D eigenvalue weighted by Crippen LogP contribution is -2.55. The molecule has 0 saturated heterocycles. The Morgan fingerprint density at radius 3 is 2.56 bits per heavy atom. The van der Waals surface area contributed by atoms with Crippen molar-refractivity contribution in [3.05, 3.63) is 74.8 Å². The number of aryl methyl sites for hydroxylation is 1. The molecule has 180 valence electrons.